The average Bonchev–Trinajstić information content (AvgIpc) is 2.38. The molecular formula is C14H20O4S. The lowest BCUT2D eigenvalue weighted by Crippen LogP contribution is -2.09. The maximum absolute atomic E-state index is 11.9. The van der Waals surface area contributed by atoms with E-state index in [1.165, 1.54) is 7.11 Å². The summed E-state index contributed by atoms with van der Waals surface area (Å²) in [4.78, 5) is 11.2. The van der Waals surface area contributed by atoms with Crippen molar-refractivity contribution in [2.45, 2.75) is 31.9 Å². The van der Waals surface area contributed by atoms with Crippen LogP contribution in [0.3, 0.4) is 0 Å². The van der Waals surface area contributed by atoms with E-state index in [4.69, 9.17) is 0 Å². The van der Waals surface area contributed by atoms with Crippen molar-refractivity contribution in [1.29, 1.82) is 0 Å². The zero-order valence-corrected chi connectivity index (χ0v) is 12.2. The Hall–Kier alpha value is -1.36. The molecule has 0 radical (unpaired) electrons. The third kappa shape index (κ3) is 5.42. The van der Waals surface area contributed by atoms with Gasteiger partial charge in [-0.2, -0.15) is 0 Å². The fourth-order valence-electron chi connectivity index (χ4n) is 1.75. The molecule has 0 fully saturated rings. The Morgan fingerprint density at radius 2 is 1.79 bits per heavy atom. The number of ether oxygens (including phenoxy) is 1. The third-order valence-electron chi connectivity index (χ3n) is 2.82. The fraction of sp³-hybridized carbons (Fsp3) is 0.500. The first-order chi connectivity index (χ1) is 8.98. The summed E-state index contributed by atoms with van der Waals surface area (Å²) in [6.45, 7) is 2.04. The average molecular weight is 284 g/mol. The zero-order valence-electron chi connectivity index (χ0n) is 11.4. The highest BCUT2D eigenvalue weighted by atomic mass is 32.2. The molecule has 0 aromatic heterocycles. The molecule has 0 aliphatic heterocycles. The van der Waals surface area contributed by atoms with Crippen molar-refractivity contribution >= 4 is 15.8 Å². The van der Waals surface area contributed by atoms with Crippen molar-refractivity contribution in [2.24, 2.45) is 0 Å². The summed E-state index contributed by atoms with van der Waals surface area (Å²) in [5, 5.41) is 0. The van der Waals surface area contributed by atoms with Gasteiger partial charge in [0.15, 0.2) is 9.84 Å². The monoisotopic (exact) mass is 284 g/mol. The van der Waals surface area contributed by atoms with Gasteiger partial charge in [-0.25, -0.2) is 13.2 Å². The molecule has 0 bridgehead atoms. The second kappa shape index (κ2) is 7.28. The van der Waals surface area contributed by atoms with Crippen molar-refractivity contribution in [3.8, 4) is 0 Å². The molecule has 5 heteroatoms. The number of carbonyl (C=O) groups is 1. The molecule has 0 saturated carbocycles. The normalized spacial score (nSPS) is 11.3. The molecule has 0 aliphatic carbocycles. The van der Waals surface area contributed by atoms with Gasteiger partial charge < -0.3 is 4.74 Å². The smallest absolute Gasteiger partial charge is 0.337 e. The van der Waals surface area contributed by atoms with Crippen molar-refractivity contribution in [2.75, 3.05) is 12.9 Å². The van der Waals surface area contributed by atoms with E-state index in [1.54, 1.807) is 24.3 Å². The standard InChI is InChI=1S/C14H20O4S/c1-3-4-5-10-19(16,17)11-12-6-8-13(9-7-12)14(15)18-2/h6-9H,3-5,10-11H2,1-2H3. The van der Waals surface area contributed by atoms with Gasteiger partial charge in [0.2, 0.25) is 0 Å². The van der Waals surface area contributed by atoms with Crippen LogP contribution in [0.25, 0.3) is 0 Å². The molecule has 1 rings (SSSR count). The number of rotatable bonds is 7. The molecule has 1 aromatic carbocycles. The quantitative estimate of drug-likeness (QED) is 0.570. The Labute approximate surface area is 114 Å². The van der Waals surface area contributed by atoms with Crippen LogP contribution in [-0.4, -0.2) is 27.2 Å². The molecule has 0 atom stereocenters. The Morgan fingerprint density at radius 1 is 1.16 bits per heavy atom. The van der Waals surface area contributed by atoms with Crippen LogP contribution in [0.2, 0.25) is 0 Å². The Balaban J connectivity index is 2.64. The van der Waals surface area contributed by atoms with E-state index < -0.39 is 15.8 Å². The van der Waals surface area contributed by atoms with Crippen molar-refractivity contribution in [3.05, 3.63) is 35.4 Å². The second-order valence-electron chi connectivity index (χ2n) is 4.49. The minimum atomic E-state index is -3.06. The van der Waals surface area contributed by atoms with E-state index >= 15 is 0 Å². The summed E-state index contributed by atoms with van der Waals surface area (Å²) in [5.74, 6) is -0.171. The van der Waals surface area contributed by atoms with Crippen LogP contribution in [0.1, 0.15) is 42.1 Å². The fourth-order valence-corrected chi connectivity index (χ4v) is 3.24. The largest absolute Gasteiger partial charge is 0.465 e. The molecule has 0 heterocycles. The molecule has 0 spiro atoms. The lowest BCUT2D eigenvalue weighted by molar-refractivity contribution is 0.0600. The SMILES string of the molecule is CCCCCS(=O)(=O)Cc1ccc(C(=O)OC)cc1. The zero-order chi connectivity index (χ0) is 14.3. The molecule has 4 nitrogen and oxygen atoms in total. The van der Waals surface area contributed by atoms with Crippen molar-refractivity contribution in [3.63, 3.8) is 0 Å². The Kier molecular flexibility index (Phi) is 6.02. The van der Waals surface area contributed by atoms with Gasteiger partial charge in [-0.05, 0) is 24.1 Å². The van der Waals surface area contributed by atoms with Crippen LogP contribution in [0.4, 0.5) is 0 Å². The van der Waals surface area contributed by atoms with Crippen molar-refractivity contribution < 1.29 is 17.9 Å². The van der Waals surface area contributed by atoms with Gasteiger partial charge in [0.05, 0.1) is 24.2 Å². The summed E-state index contributed by atoms with van der Waals surface area (Å²) >= 11 is 0. The first-order valence-electron chi connectivity index (χ1n) is 6.36. The van der Waals surface area contributed by atoms with Gasteiger partial charge in [0.1, 0.15) is 0 Å². The van der Waals surface area contributed by atoms with Crippen LogP contribution in [0.5, 0.6) is 0 Å². The number of hydrogen-bond acceptors (Lipinski definition) is 4. The lowest BCUT2D eigenvalue weighted by Gasteiger charge is -2.05. The van der Waals surface area contributed by atoms with Gasteiger partial charge >= 0.3 is 5.97 Å². The van der Waals surface area contributed by atoms with Crippen LogP contribution >= 0.6 is 0 Å². The van der Waals surface area contributed by atoms with E-state index in [-0.39, 0.29) is 11.5 Å². The predicted octanol–water partition coefficient (Wildman–Crippen LogP) is 2.58. The topological polar surface area (TPSA) is 60.4 Å². The van der Waals surface area contributed by atoms with Gasteiger partial charge in [-0.3, -0.25) is 0 Å². The van der Waals surface area contributed by atoms with Crippen LogP contribution in [0.15, 0.2) is 24.3 Å². The second-order valence-corrected chi connectivity index (χ2v) is 6.67. The van der Waals surface area contributed by atoms with Crippen LogP contribution in [0, 0.1) is 0 Å². The Bertz CT molecular complexity index is 503. The minimum absolute atomic E-state index is 0.0260. The Morgan fingerprint density at radius 3 is 2.32 bits per heavy atom. The highest BCUT2D eigenvalue weighted by Crippen LogP contribution is 2.11. The van der Waals surface area contributed by atoms with E-state index in [0.717, 1.165) is 12.8 Å². The first-order valence-corrected chi connectivity index (χ1v) is 8.18. The number of esters is 1. The number of hydrogen-bond donors (Lipinski definition) is 0. The summed E-state index contributed by atoms with van der Waals surface area (Å²) in [7, 11) is -1.75. The number of benzene rings is 1. The number of methoxy groups -OCH3 is 1. The van der Waals surface area contributed by atoms with Crippen LogP contribution < -0.4 is 0 Å². The van der Waals surface area contributed by atoms with E-state index in [9.17, 15) is 13.2 Å². The molecule has 0 unspecified atom stereocenters. The minimum Gasteiger partial charge on any atom is -0.465 e. The molecule has 0 aliphatic rings. The van der Waals surface area contributed by atoms with E-state index in [0.29, 0.717) is 17.5 Å². The maximum Gasteiger partial charge on any atom is 0.337 e. The molecule has 0 saturated heterocycles. The molecule has 0 amide bonds. The molecular weight excluding hydrogens is 264 g/mol. The maximum atomic E-state index is 11.9. The highest BCUT2D eigenvalue weighted by Gasteiger charge is 2.12. The molecule has 0 N–H and O–H groups in total. The molecule has 106 valence electrons. The van der Waals surface area contributed by atoms with E-state index in [2.05, 4.69) is 4.74 Å². The van der Waals surface area contributed by atoms with Crippen LogP contribution in [-0.2, 0) is 20.3 Å². The summed E-state index contributed by atoms with van der Waals surface area (Å²) < 4.78 is 28.3. The number of carbonyl (C=O) groups excluding carboxylic acids is 1. The van der Waals surface area contributed by atoms with Gasteiger partial charge in [0.25, 0.3) is 0 Å². The van der Waals surface area contributed by atoms with Gasteiger partial charge in [-0.1, -0.05) is 31.9 Å². The van der Waals surface area contributed by atoms with Gasteiger partial charge in [-0.15, -0.1) is 0 Å². The lowest BCUT2D eigenvalue weighted by atomic mass is 10.1. The third-order valence-corrected chi connectivity index (χ3v) is 4.50. The first kappa shape index (κ1) is 15.7. The summed E-state index contributed by atoms with van der Waals surface area (Å²) in [5.41, 5.74) is 1.12. The van der Waals surface area contributed by atoms with E-state index in [1.807, 2.05) is 6.92 Å². The molecule has 1 aromatic rings. The summed E-state index contributed by atoms with van der Waals surface area (Å²) in [6.07, 6.45) is 2.64. The predicted molar refractivity (Wildman–Crippen MR) is 74.8 cm³/mol. The van der Waals surface area contributed by atoms with Gasteiger partial charge in [0, 0.05) is 0 Å². The number of sulfone groups is 1. The molecule has 19 heavy (non-hydrogen) atoms. The van der Waals surface area contributed by atoms with Crippen molar-refractivity contribution in [1.82, 2.24) is 0 Å². The number of unbranched alkanes of at least 4 members (excludes halogenated alkanes) is 2. The highest BCUT2D eigenvalue weighted by molar-refractivity contribution is 7.90. The summed E-state index contributed by atoms with van der Waals surface area (Å²) in [6, 6.07) is 6.48.